The Bertz CT molecular complexity index is 1000. The largest absolute Gasteiger partial charge is 0.260 e. The molecule has 6 heteroatoms. The minimum absolute atomic E-state index is 0.227. The van der Waals surface area contributed by atoms with Crippen LogP contribution in [0.15, 0.2) is 94.8 Å². The lowest BCUT2D eigenvalue weighted by molar-refractivity contribution is 0.486. The molecule has 0 amide bonds. The van der Waals surface area contributed by atoms with Crippen LogP contribution in [0.2, 0.25) is 0 Å². The third kappa shape index (κ3) is 4.42. The Morgan fingerprint density at radius 1 is 0.815 bits per heavy atom. The van der Waals surface area contributed by atoms with E-state index in [9.17, 15) is 8.42 Å². The smallest absolute Gasteiger partial charge is 0.250 e. The van der Waals surface area contributed by atoms with E-state index in [4.69, 9.17) is 0 Å². The Labute approximate surface area is 160 Å². The van der Waals surface area contributed by atoms with Crippen LogP contribution in [0.5, 0.6) is 0 Å². The summed E-state index contributed by atoms with van der Waals surface area (Å²) in [7, 11) is -2.23. The first-order valence-electron chi connectivity index (χ1n) is 8.47. The van der Waals surface area contributed by atoms with Crippen LogP contribution in [0.3, 0.4) is 0 Å². The third-order valence-corrected chi connectivity index (χ3v) is 5.80. The SMILES string of the molecule is Cc1ccc(S(=O)(=O)N(C)N(C=Nc2ccccc2)c2ccccc2)cc1. The van der Waals surface area contributed by atoms with Gasteiger partial charge in [-0.25, -0.2) is 18.4 Å². The zero-order valence-corrected chi connectivity index (χ0v) is 16.0. The molecule has 0 saturated carbocycles. The van der Waals surface area contributed by atoms with Crippen molar-refractivity contribution in [2.45, 2.75) is 11.8 Å². The van der Waals surface area contributed by atoms with Crippen molar-refractivity contribution in [2.24, 2.45) is 4.99 Å². The highest BCUT2D eigenvalue weighted by Crippen LogP contribution is 2.22. The van der Waals surface area contributed by atoms with E-state index in [0.29, 0.717) is 5.69 Å². The molecule has 0 radical (unpaired) electrons. The Morgan fingerprint density at radius 2 is 1.37 bits per heavy atom. The van der Waals surface area contributed by atoms with Crippen molar-refractivity contribution in [3.63, 3.8) is 0 Å². The number of benzene rings is 3. The Balaban J connectivity index is 1.99. The minimum atomic E-state index is -3.74. The number of nitrogens with zero attached hydrogens (tertiary/aromatic N) is 3. The molecule has 0 saturated heterocycles. The maximum absolute atomic E-state index is 13.1. The van der Waals surface area contributed by atoms with Crippen molar-refractivity contribution < 1.29 is 8.42 Å². The number of sulfonamides is 1. The monoisotopic (exact) mass is 379 g/mol. The molecule has 0 aliphatic heterocycles. The lowest BCUT2D eigenvalue weighted by atomic mass is 10.2. The fraction of sp³-hybridized carbons (Fsp3) is 0.0952. The molecule has 5 nitrogen and oxygen atoms in total. The van der Waals surface area contributed by atoms with Crippen molar-refractivity contribution in [1.29, 1.82) is 0 Å². The zero-order chi connectivity index (χ0) is 19.3. The first-order chi connectivity index (χ1) is 13.0. The summed E-state index contributed by atoms with van der Waals surface area (Å²) in [4.78, 5) is 4.65. The second-order valence-electron chi connectivity index (χ2n) is 6.01. The summed E-state index contributed by atoms with van der Waals surface area (Å²) in [6.07, 6.45) is 1.51. The molecule has 0 aliphatic rings. The predicted octanol–water partition coefficient (Wildman–Crippen LogP) is 4.40. The fourth-order valence-electron chi connectivity index (χ4n) is 2.50. The van der Waals surface area contributed by atoms with Gasteiger partial charge in [-0.15, -0.1) is 4.41 Å². The predicted molar refractivity (Wildman–Crippen MR) is 110 cm³/mol. The number of hydrogen-bond acceptors (Lipinski definition) is 3. The molecule has 3 rings (SSSR count). The molecular formula is C21H21N3O2S. The number of aryl methyl sites for hydroxylation is 1. The molecule has 0 atom stereocenters. The molecule has 3 aromatic rings. The highest BCUT2D eigenvalue weighted by Gasteiger charge is 2.26. The van der Waals surface area contributed by atoms with Gasteiger partial charge in [0.05, 0.1) is 16.3 Å². The molecule has 0 heterocycles. The molecule has 0 unspecified atom stereocenters. The molecule has 0 N–H and O–H groups in total. The van der Waals surface area contributed by atoms with Crippen molar-refractivity contribution >= 4 is 27.7 Å². The van der Waals surface area contributed by atoms with Crippen LogP contribution >= 0.6 is 0 Å². The van der Waals surface area contributed by atoms with Gasteiger partial charge >= 0.3 is 0 Å². The fourth-order valence-corrected chi connectivity index (χ4v) is 3.65. The molecule has 3 aromatic carbocycles. The molecular weight excluding hydrogens is 358 g/mol. The van der Waals surface area contributed by atoms with Gasteiger partial charge in [0, 0.05) is 7.05 Å². The van der Waals surface area contributed by atoms with Crippen LogP contribution in [-0.2, 0) is 10.0 Å². The quantitative estimate of drug-likeness (QED) is 0.362. The average molecular weight is 379 g/mol. The van der Waals surface area contributed by atoms with E-state index in [1.807, 2.05) is 67.6 Å². The second-order valence-corrected chi connectivity index (χ2v) is 7.96. The number of anilines is 1. The van der Waals surface area contributed by atoms with E-state index in [2.05, 4.69) is 4.99 Å². The van der Waals surface area contributed by atoms with E-state index in [1.54, 1.807) is 24.3 Å². The van der Waals surface area contributed by atoms with Gasteiger partial charge in [-0.05, 0) is 43.3 Å². The van der Waals surface area contributed by atoms with Crippen LogP contribution in [0, 0.1) is 6.92 Å². The number of para-hydroxylation sites is 2. The summed E-state index contributed by atoms with van der Waals surface area (Å²) in [6, 6.07) is 25.4. The normalized spacial score (nSPS) is 11.8. The first-order valence-corrected chi connectivity index (χ1v) is 9.91. The maximum Gasteiger partial charge on any atom is 0.260 e. The van der Waals surface area contributed by atoms with Gasteiger partial charge < -0.3 is 0 Å². The topological polar surface area (TPSA) is 53.0 Å². The maximum atomic E-state index is 13.1. The van der Waals surface area contributed by atoms with E-state index < -0.39 is 10.0 Å². The third-order valence-electron chi connectivity index (χ3n) is 4.06. The number of aliphatic imine (C=N–C) groups is 1. The van der Waals surface area contributed by atoms with Gasteiger partial charge in [-0.2, -0.15) is 0 Å². The van der Waals surface area contributed by atoms with Crippen molar-refractivity contribution in [3.05, 3.63) is 90.5 Å². The second kappa shape index (κ2) is 8.16. The van der Waals surface area contributed by atoms with Crippen LogP contribution in [0.4, 0.5) is 11.4 Å². The van der Waals surface area contributed by atoms with Crippen molar-refractivity contribution in [3.8, 4) is 0 Å². The van der Waals surface area contributed by atoms with Gasteiger partial charge in [0.1, 0.15) is 6.34 Å². The van der Waals surface area contributed by atoms with Crippen LogP contribution in [-0.4, -0.2) is 26.2 Å². The van der Waals surface area contributed by atoms with Crippen molar-refractivity contribution in [1.82, 2.24) is 4.41 Å². The Morgan fingerprint density at radius 3 is 1.96 bits per heavy atom. The number of hydrazine groups is 1. The first kappa shape index (κ1) is 18.8. The lowest BCUT2D eigenvalue weighted by Crippen LogP contribution is -2.43. The van der Waals surface area contributed by atoms with E-state index in [1.165, 1.54) is 22.8 Å². The van der Waals surface area contributed by atoms with Gasteiger partial charge in [-0.1, -0.05) is 54.1 Å². The summed E-state index contributed by atoms with van der Waals surface area (Å²) in [5.41, 5.74) is 2.43. The summed E-state index contributed by atoms with van der Waals surface area (Å²) < 4.78 is 27.4. The van der Waals surface area contributed by atoms with Gasteiger partial charge in [0.15, 0.2) is 0 Å². The average Bonchev–Trinajstić information content (AvgIpc) is 2.70. The Hall–Kier alpha value is -2.96. The molecule has 27 heavy (non-hydrogen) atoms. The zero-order valence-electron chi connectivity index (χ0n) is 15.2. The number of hydrogen-bond donors (Lipinski definition) is 0. The standard InChI is InChI=1S/C21H21N3O2S/c1-18-13-15-21(16-14-18)27(25,26)23(2)24(20-11-7-4-8-12-20)17-22-19-9-5-3-6-10-19/h3-17H,1-2H3. The van der Waals surface area contributed by atoms with Crippen LogP contribution in [0.1, 0.15) is 5.56 Å². The molecule has 0 aromatic heterocycles. The van der Waals surface area contributed by atoms with E-state index in [-0.39, 0.29) is 4.90 Å². The Kier molecular flexibility index (Phi) is 5.69. The summed E-state index contributed by atoms with van der Waals surface area (Å²) in [5, 5.41) is 1.52. The molecule has 0 aliphatic carbocycles. The summed E-state index contributed by atoms with van der Waals surface area (Å²) in [6.45, 7) is 1.92. The van der Waals surface area contributed by atoms with Gasteiger partial charge in [0.25, 0.3) is 10.0 Å². The van der Waals surface area contributed by atoms with Crippen LogP contribution in [0.25, 0.3) is 0 Å². The lowest BCUT2D eigenvalue weighted by Gasteiger charge is -2.29. The summed E-state index contributed by atoms with van der Waals surface area (Å²) >= 11 is 0. The highest BCUT2D eigenvalue weighted by atomic mass is 32.2. The number of rotatable bonds is 6. The van der Waals surface area contributed by atoms with E-state index in [0.717, 1.165) is 11.3 Å². The molecule has 0 spiro atoms. The van der Waals surface area contributed by atoms with Crippen LogP contribution < -0.4 is 5.01 Å². The summed E-state index contributed by atoms with van der Waals surface area (Å²) in [5.74, 6) is 0. The minimum Gasteiger partial charge on any atom is -0.250 e. The van der Waals surface area contributed by atoms with E-state index >= 15 is 0 Å². The molecule has 0 bridgehead atoms. The van der Waals surface area contributed by atoms with Crippen molar-refractivity contribution in [2.75, 3.05) is 12.1 Å². The molecule has 0 fully saturated rings. The molecule has 138 valence electrons. The van der Waals surface area contributed by atoms with Gasteiger partial charge in [-0.3, -0.25) is 0 Å². The van der Waals surface area contributed by atoms with Gasteiger partial charge in [0.2, 0.25) is 0 Å². The highest BCUT2D eigenvalue weighted by molar-refractivity contribution is 7.89.